The molecule has 0 unspecified atom stereocenters. The van der Waals surface area contributed by atoms with Gasteiger partial charge in [0.1, 0.15) is 5.75 Å². The molecule has 3 heteroatoms. The van der Waals surface area contributed by atoms with Crippen molar-refractivity contribution in [2.45, 2.75) is 32.7 Å². The van der Waals surface area contributed by atoms with Crippen LogP contribution >= 0.6 is 0 Å². The van der Waals surface area contributed by atoms with Crippen molar-refractivity contribution in [3.8, 4) is 5.75 Å². The van der Waals surface area contributed by atoms with E-state index in [1.165, 1.54) is 10.8 Å². The summed E-state index contributed by atoms with van der Waals surface area (Å²) >= 11 is 0. The molecule has 0 saturated heterocycles. The molecule has 88 valence electrons. The van der Waals surface area contributed by atoms with Crippen molar-refractivity contribution >= 4 is 28.4 Å². The minimum Gasteiger partial charge on any atom is -0.544 e. The van der Waals surface area contributed by atoms with Crippen LogP contribution in [0.2, 0.25) is 32.7 Å². The minimum absolute atomic E-state index is 0.889. The second-order valence-corrected chi connectivity index (χ2v) is 12.6. The van der Waals surface area contributed by atoms with E-state index in [0.717, 1.165) is 5.75 Å². The number of rotatable bonds is 4. The molecule has 0 aliphatic carbocycles. The van der Waals surface area contributed by atoms with Gasteiger partial charge in [-0.2, -0.15) is 0 Å². The van der Waals surface area contributed by atoms with Crippen LogP contribution in [0.25, 0.3) is 6.08 Å². The van der Waals surface area contributed by atoms with Gasteiger partial charge in [-0.3, -0.25) is 0 Å². The highest BCUT2D eigenvalue weighted by atomic mass is 28.4. The zero-order valence-electron chi connectivity index (χ0n) is 11.0. The predicted molar refractivity (Wildman–Crippen MR) is 79.0 cm³/mol. The first-order chi connectivity index (χ1) is 7.35. The van der Waals surface area contributed by atoms with Crippen LogP contribution in [-0.2, 0) is 0 Å². The van der Waals surface area contributed by atoms with Crippen LogP contribution in [-0.4, -0.2) is 17.1 Å². The van der Waals surface area contributed by atoms with Crippen LogP contribution in [0.5, 0.6) is 5.75 Å². The highest BCUT2D eigenvalue weighted by Gasteiger charge is 2.20. The number of hydrogen-bond acceptors (Lipinski definition) is 1. The summed E-state index contributed by atoms with van der Waals surface area (Å²) in [7, 11) is -2.41. The number of benzene rings is 1. The molecule has 0 heterocycles. The highest BCUT2D eigenvalue weighted by molar-refractivity contribution is 6.74. The van der Waals surface area contributed by atoms with E-state index in [0.29, 0.717) is 0 Å². The fraction of sp³-hybridized carbons (Fsp3) is 0.385. The normalized spacial score (nSPS) is 11.6. The summed E-state index contributed by atoms with van der Waals surface area (Å²) in [5, 5.41) is 1.42. The zero-order chi connectivity index (χ0) is 12.3. The van der Waals surface area contributed by atoms with Crippen molar-refractivity contribution in [2.24, 2.45) is 0 Å². The maximum absolute atomic E-state index is 6.16. The van der Waals surface area contributed by atoms with Gasteiger partial charge in [0.2, 0.25) is 8.32 Å². The van der Waals surface area contributed by atoms with Gasteiger partial charge >= 0.3 is 0 Å². The van der Waals surface area contributed by atoms with Crippen molar-refractivity contribution in [3.05, 3.63) is 30.3 Å². The van der Waals surface area contributed by atoms with Crippen molar-refractivity contribution in [3.63, 3.8) is 0 Å². The molecule has 0 bridgehead atoms. The summed E-state index contributed by atoms with van der Waals surface area (Å²) < 4.78 is 6.16. The third-order valence-corrected chi connectivity index (χ3v) is 4.92. The zero-order valence-corrected chi connectivity index (χ0v) is 13.2. The summed E-state index contributed by atoms with van der Waals surface area (Å²) in [6, 6.07) is 6.30. The Hall–Kier alpha value is -0.806. The fourth-order valence-electron chi connectivity index (χ4n) is 1.78. The summed E-state index contributed by atoms with van der Waals surface area (Å²) in [5.74, 6) is 1.10. The standard InChI is InChI=1S/C13H22OSi2/c1-7-11-9-8-10-12(13(11)15(2)3)14-16(4,5)6/h7-10,15H,1H2,2-6H3. The lowest BCUT2D eigenvalue weighted by molar-refractivity contribution is 0.562. The van der Waals surface area contributed by atoms with E-state index in [9.17, 15) is 0 Å². The van der Waals surface area contributed by atoms with Gasteiger partial charge in [0.15, 0.2) is 0 Å². The Labute approximate surface area is 102 Å². The Kier molecular flexibility index (Phi) is 4.16. The van der Waals surface area contributed by atoms with E-state index in [1.54, 1.807) is 0 Å². The number of hydrogen-bond donors (Lipinski definition) is 0. The van der Waals surface area contributed by atoms with Crippen molar-refractivity contribution in [2.75, 3.05) is 0 Å². The Bertz CT molecular complexity index is 378. The van der Waals surface area contributed by atoms with E-state index in [4.69, 9.17) is 4.43 Å². The van der Waals surface area contributed by atoms with Gasteiger partial charge in [-0.25, -0.2) is 0 Å². The summed E-state index contributed by atoms with van der Waals surface area (Å²) in [6.07, 6.45) is 1.94. The molecule has 0 aliphatic rings. The molecule has 0 aliphatic heterocycles. The Morgan fingerprint density at radius 1 is 1.25 bits per heavy atom. The molecule has 1 rings (SSSR count). The van der Waals surface area contributed by atoms with Crippen molar-refractivity contribution in [1.29, 1.82) is 0 Å². The van der Waals surface area contributed by atoms with Gasteiger partial charge in [0.25, 0.3) is 0 Å². The van der Waals surface area contributed by atoms with Gasteiger partial charge in [-0.1, -0.05) is 37.9 Å². The topological polar surface area (TPSA) is 9.23 Å². The van der Waals surface area contributed by atoms with E-state index in [1.807, 2.05) is 6.08 Å². The lowest BCUT2D eigenvalue weighted by Gasteiger charge is -2.24. The van der Waals surface area contributed by atoms with E-state index in [2.05, 4.69) is 57.5 Å². The van der Waals surface area contributed by atoms with Gasteiger partial charge < -0.3 is 4.43 Å². The second kappa shape index (κ2) is 5.02. The van der Waals surface area contributed by atoms with E-state index >= 15 is 0 Å². The first-order valence-electron chi connectivity index (χ1n) is 5.79. The second-order valence-electron chi connectivity index (χ2n) is 5.33. The molecule has 0 N–H and O–H groups in total. The molecular formula is C13H22OSi2. The molecule has 0 radical (unpaired) electrons. The van der Waals surface area contributed by atoms with Gasteiger partial charge in [-0.05, 0) is 36.5 Å². The monoisotopic (exact) mass is 250 g/mol. The maximum atomic E-state index is 6.16. The molecule has 1 aromatic rings. The fourth-order valence-corrected chi connectivity index (χ4v) is 4.34. The van der Waals surface area contributed by atoms with Gasteiger partial charge in [0.05, 0.1) is 8.80 Å². The molecule has 0 spiro atoms. The Morgan fingerprint density at radius 3 is 2.31 bits per heavy atom. The molecule has 0 amide bonds. The highest BCUT2D eigenvalue weighted by Crippen LogP contribution is 2.17. The molecule has 0 atom stereocenters. The SMILES string of the molecule is C=Cc1cccc(O[Si](C)(C)C)c1[SiH](C)C. The Balaban J connectivity index is 3.22. The van der Waals surface area contributed by atoms with Crippen LogP contribution in [0.4, 0.5) is 0 Å². The Morgan fingerprint density at radius 2 is 1.88 bits per heavy atom. The van der Waals surface area contributed by atoms with Crippen LogP contribution in [0.1, 0.15) is 5.56 Å². The van der Waals surface area contributed by atoms with Crippen molar-refractivity contribution in [1.82, 2.24) is 0 Å². The summed E-state index contributed by atoms with van der Waals surface area (Å²) in [4.78, 5) is 0. The molecule has 1 aromatic carbocycles. The minimum atomic E-state index is -1.52. The predicted octanol–water partition coefficient (Wildman–Crippen LogP) is 3.24. The first kappa shape index (κ1) is 13.3. The third kappa shape index (κ3) is 3.35. The lowest BCUT2D eigenvalue weighted by atomic mass is 10.2. The summed E-state index contributed by atoms with van der Waals surface area (Å²) in [5.41, 5.74) is 1.25. The molecule has 1 nitrogen and oxygen atoms in total. The smallest absolute Gasteiger partial charge is 0.242 e. The molecular weight excluding hydrogens is 228 g/mol. The largest absolute Gasteiger partial charge is 0.544 e. The molecule has 0 fully saturated rings. The quantitative estimate of drug-likeness (QED) is 0.746. The molecule has 0 aromatic heterocycles. The average molecular weight is 250 g/mol. The van der Waals surface area contributed by atoms with E-state index < -0.39 is 17.1 Å². The van der Waals surface area contributed by atoms with Crippen LogP contribution in [0.3, 0.4) is 0 Å². The lowest BCUT2D eigenvalue weighted by Crippen LogP contribution is -2.35. The van der Waals surface area contributed by atoms with Crippen LogP contribution in [0, 0.1) is 0 Å². The van der Waals surface area contributed by atoms with Crippen LogP contribution in [0.15, 0.2) is 24.8 Å². The van der Waals surface area contributed by atoms with Gasteiger partial charge in [-0.15, -0.1) is 0 Å². The first-order valence-corrected chi connectivity index (χ1v) is 12.1. The summed E-state index contributed by atoms with van der Waals surface area (Å²) in [6.45, 7) is 15.2. The average Bonchev–Trinajstić information content (AvgIpc) is 2.14. The maximum Gasteiger partial charge on any atom is 0.242 e. The van der Waals surface area contributed by atoms with E-state index in [-0.39, 0.29) is 0 Å². The molecule has 16 heavy (non-hydrogen) atoms. The van der Waals surface area contributed by atoms with Crippen molar-refractivity contribution < 1.29 is 4.43 Å². The van der Waals surface area contributed by atoms with Gasteiger partial charge in [0, 0.05) is 0 Å². The molecule has 0 saturated carbocycles. The third-order valence-electron chi connectivity index (χ3n) is 2.31. The van der Waals surface area contributed by atoms with Crippen LogP contribution < -0.4 is 9.61 Å².